The highest BCUT2D eigenvalue weighted by Crippen LogP contribution is 2.24. The smallest absolute Gasteiger partial charge is 0.0151 e. The molecule has 0 aliphatic carbocycles. The van der Waals surface area contributed by atoms with Crippen molar-refractivity contribution in [3.05, 3.63) is 113 Å². The predicted octanol–water partition coefficient (Wildman–Crippen LogP) is 6.06. The summed E-state index contributed by atoms with van der Waals surface area (Å²) in [6.45, 7) is 2.19. The molecule has 0 nitrogen and oxygen atoms in total. The molecule has 0 aliphatic heterocycles. The van der Waals surface area contributed by atoms with E-state index in [9.17, 15) is 0 Å². The van der Waals surface area contributed by atoms with Crippen molar-refractivity contribution in [2.75, 3.05) is 0 Å². The maximum Gasteiger partial charge on any atom is -0.0151 e. The third-order valence-corrected chi connectivity index (χ3v) is 4.19. The molecule has 0 N–H and O–H groups in total. The van der Waals surface area contributed by atoms with Crippen molar-refractivity contribution in [1.29, 1.82) is 0 Å². The third kappa shape index (κ3) is 3.98. The van der Waals surface area contributed by atoms with Gasteiger partial charge in [-0.1, -0.05) is 91.0 Å². The Morgan fingerprint density at radius 2 is 1.22 bits per heavy atom. The van der Waals surface area contributed by atoms with Crippen LogP contribution in [-0.4, -0.2) is 0 Å². The summed E-state index contributed by atoms with van der Waals surface area (Å²) in [4.78, 5) is 0. The van der Waals surface area contributed by atoms with E-state index in [1.165, 1.54) is 27.8 Å². The number of rotatable bonds is 5. The lowest BCUT2D eigenvalue weighted by atomic mass is 9.95. The highest BCUT2D eigenvalue weighted by atomic mass is 14.1. The van der Waals surface area contributed by atoms with Crippen LogP contribution in [0.1, 0.15) is 28.7 Å². The van der Waals surface area contributed by atoms with Crippen molar-refractivity contribution in [3.8, 4) is 0 Å². The topological polar surface area (TPSA) is 0 Å². The second-order valence-corrected chi connectivity index (χ2v) is 5.82. The molecular formula is C23H22. The number of benzene rings is 3. The molecule has 0 atom stereocenters. The van der Waals surface area contributed by atoms with Gasteiger partial charge in [-0.25, -0.2) is 0 Å². The minimum absolute atomic E-state index is 1.05. The van der Waals surface area contributed by atoms with Crippen LogP contribution >= 0.6 is 0 Å². The van der Waals surface area contributed by atoms with Crippen LogP contribution in [0.2, 0.25) is 0 Å². The summed E-state index contributed by atoms with van der Waals surface area (Å²) in [7, 11) is 0. The first-order valence-corrected chi connectivity index (χ1v) is 8.20. The van der Waals surface area contributed by atoms with Gasteiger partial charge in [0, 0.05) is 0 Å². The lowest BCUT2D eigenvalue weighted by Crippen LogP contribution is -1.91. The van der Waals surface area contributed by atoms with Gasteiger partial charge in [-0.2, -0.15) is 0 Å². The Morgan fingerprint density at radius 3 is 1.78 bits per heavy atom. The average molecular weight is 298 g/mol. The maximum absolute atomic E-state index is 2.37. The van der Waals surface area contributed by atoms with Gasteiger partial charge in [0.15, 0.2) is 0 Å². The monoisotopic (exact) mass is 298 g/mol. The van der Waals surface area contributed by atoms with Crippen LogP contribution in [0.4, 0.5) is 0 Å². The van der Waals surface area contributed by atoms with Crippen LogP contribution in [-0.2, 0) is 6.42 Å². The van der Waals surface area contributed by atoms with Gasteiger partial charge >= 0.3 is 0 Å². The standard InChI is InChI=1S/C23H22/c1-19-11-8-9-12-20(19)17-10-18-23(21-13-4-2-5-14-21)22-15-6-3-7-16-22/h2-9,11-16,18H,10,17H2,1H3. The van der Waals surface area contributed by atoms with Gasteiger partial charge in [0.1, 0.15) is 0 Å². The van der Waals surface area contributed by atoms with E-state index in [-0.39, 0.29) is 0 Å². The van der Waals surface area contributed by atoms with Crippen LogP contribution in [0.3, 0.4) is 0 Å². The van der Waals surface area contributed by atoms with E-state index in [0.717, 1.165) is 12.8 Å². The molecule has 0 saturated heterocycles. The van der Waals surface area contributed by atoms with Gasteiger partial charge in [0.05, 0.1) is 0 Å². The zero-order chi connectivity index (χ0) is 15.9. The Kier molecular flexibility index (Phi) is 5.06. The molecule has 114 valence electrons. The molecule has 0 spiro atoms. The van der Waals surface area contributed by atoms with Crippen molar-refractivity contribution < 1.29 is 0 Å². The first-order chi connectivity index (χ1) is 11.3. The Labute approximate surface area is 139 Å². The molecule has 3 aromatic carbocycles. The molecule has 0 amide bonds. The number of hydrogen-bond acceptors (Lipinski definition) is 0. The summed E-state index contributed by atoms with van der Waals surface area (Å²) in [5, 5.41) is 0. The Bertz CT molecular complexity index is 726. The molecule has 0 fully saturated rings. The quantitative estimate of drug-likeness (QED) is 0.537. The molecule has 0 bridgehead atoms. The fourth-order valence-corrected chi connectivity index (χ4v) is 2.90. The van der Waals surface area contributed by atoms with Crippen LogP contribution in [0.5, 0.6) is 0 Å². The van der Waals surface area contributed by atoms with Crippen molar-refractivity contribution in [2.24, 2.45) is 0 Å². The van der Waals surface area contributed by atoms with E-state index >= 15 is 0 Å². The van der Waals surface area contributed by atoms with E-state index in [1.807, 2.05) is 0 Å². The molecule has 0 aliphatic rings. The lowest BCUT2D eigenvalue weighted by molar-refractivity contribution is 0.988. The van der Waals surface area contributed by atoms with Crippen molar-refractivity contribution in [2.45, 2.75) is 19.8 Å². The van der Waals surface area contributed by atoms with Crippen LogP contribution in [0, 0.1) is 6.92 Å². The first-order valence-electron chi connectivity index (χ1n) is 8.20. The van der Waals surface area contributed by atoms with E-state index in [0.29, 0.717) is 0 Å². The second-order valence-electron chi connectivity index (χ2n) is 5.82. The number of allylic oxidation sites excluding steroid dienone is 1. The van der Waals surface area contributed by atoms with Gasteiger partial charge in [-0.3, -0.25) is 0 Å². The van der Waals surface area contributed by atoms with Crippen LogP contribution < -0.4 is 0 Å². The molecule has 0 heteroatoms. The zero-order valence-corrected chi connectivity index (χ0v) is 13.6. The first kappa shape index (κ1) is 15.3. The van der Waals surface area contributed by atoms with Gasteiger partial charge < -0.3 is 0 Å². The highest BCUT2D eigenvalue weighted by Gasteiger charge is 2.04. The minimum Gasteiger partial charge on any atom is -0.0757 e. The summed E-state index contributed by atoms with van der Waals surface area (Å²) >= 11 is 0. The SMILES string of the molecule is Cc1ccccc1CCC=C(c1ccccc1)c1ccccc1. The average Bonchev–Trinajstić information content (AvgIpc) is 2.62. The highest BCUT2D eigenvalue weighted by molar-refractivity contribution is 5.79. The molecular weight excluding hydrogens is 276 g/mol. The summed E-state index contributed by atoms with van der Waals surface area (Å²) in [6, 6.07) is 30.0. The maximum atomic E-state index is 2.37. The summed E-state index contributed by atoms with van der Waals surface area (Å²) < 4.78 is 0. The number of hydrogen-bond donors (Lipinski definition) is 0. The molecule has 0 heterocycles. The number of aryl methyl sites for hydroxylation is 2. The van der Waals surface area contributed by atoms with Gasteiger partial charge in [0.2, 0.25) is 0 Å². The Hall–Kier alpha value is -2.60. The molecule has 0 saturated carbocycles. The fourth-order valence-electron chi connectivity index (χ4n) is 2.90. The molecule has 0 radical (unpaired) electrons. The Balaban J connectivity index is 1.85. The van der Waals surface area contributed by atoms with Crippen LogP contribution in [0.15, 0.2) is 91.0 Å². The normalized spacial score (nSPS) is 10.3. The van der Waals surface area contributed by atoms with Crippen LogP contribution in [0.25, 0.3) is 5.57 Å². The second kappa shape index (κ2) is 7.60. The Morgan fingerprint density at radius 1 is 0.696 bits per heavy atom. The van der Waals surface area contributed by atoms with Crippen molar-refractivity contribution in [1.82, 2.24) is 0 Å². The van der Waals surface area contributed by atoms with E-state index < -0.39 is 0 Å². The molecule has 3 aromatic rings. The minimum atomic E-state index is 1.05. The molecule has 3 rings (SSSR count). The van der Waals surface area contributed by atoms with Gasteiger partial charge in [-0.05, 0) is 47.6 Å². The molecule has 23 heavy (non-hydrogen) atoms. The lowest BCUT2D eigenvalue weighted by Gasteiger charge is -2.09. The van der Waals surface area contributed by atoms with E-state index in [4.69, 9.17) is 0 Å². The summed E-state index contributed by atoms with van der Waals surface area (Å²) in [5.41, 5.74) is 6.69. The third-order valence-electron chi connectivity index (χ3n) is 4.19. The van der Waals surface area contributed by atoms with E-state index in [1.54, 1.807) is 0 Å². The fraction of sp³-hybridized carbons (Fsp3) is 0.130. The van der Waals surface area contributed by atoms with Gasteiger partial charge in [-0.15, -0.1) is 0 Å². The van der Waals surface area contributed by atoms with Crippen molar-refractivity contribution >= 4 is 5.57 Å². The van der Waals surface area contributed by atoms with E-state index in [2.05, 4.69) is 97.9 Å². The molecule has 0 unspecified atom stereocenters. The summed E-state index contributed by atoms with van der Waals surface area (Å²) in [5.74, 6) is 0. The summed E-state index contributed by atoms with van der Waals surface area (Å²) in [6.07, 6.45) is 4.50. The van der Waals surface area contributed by atoms with Gasteiger partial charge in [0.25, 0.3) is 0 Å². The molecule has 0 aromatic heterocycles. The largest absolute Gasteiger partial charge is 0.0757 e. The zero-order valence-electron chi connectivity index (χ0n) is 13.6. The predicted molar refractivity (Wildman–Crippen MR) is 99.5 cm³/mol. The van der Waals surface area contributed by atoms with Crippen molar-refractivity contribution in [3.63, 3.8) is 0 Å².